The number of likely N-dealkylation sites (tertiary alicyclic amines) is 1. The van der Waals surface area contributed by atoms with Gasteiger partial charge in [-0.1, -0.05) is 6.07 Å². The number of benzene rings is 1. The van der Waals surface area contributed by atoms with E-state index in [1.54, 1.807) is 17.9 Å². The van der Waals surface area contributed by atoms with E-state index >= 15 is 0 Å². The maximum absolute atomic E-state index is 13.7. The number of piperazine rings is 1. The predicted octanol–water partition coefficient (Wildman–Crippen LogP) is 1.14. The number of esters is 2. The first-order chi connectivity index (χ1) is 16.2. The van der Waals surface area contributed by atoms with Gasteiger partial charge in [-0.05, 0) is 50.9 Å². The molecule has 1 N–H and O–H groups in total. The van der Waals surface area contributed by atoms with E-state index in [0.29, 0.717) is 55.9 Å². The molecule has 9 nitrogen and oxygen atoms in total. The summed E-state index contributed by atoms with van der Waals surface area (Å²) in [5.41, 5.74) is 3.74. The van der Waals surface area contributed by atoms with Crippen molar-refractivity contribution >= 4 is 17.8 Å². The quantitative estimate of drug-likeness (QED) is 0.656. The van der Waals surface area contributed by atoms with Crippen molar-refractivity contribution in [2.75, 3.05) is 46.4 Å². The molecule has 1 atom stereocenters. The summed E-state index contributed by atoms with van der Waals surface area (Å²) in [6.07, 6.45) is 0.608. The Hall–Kier alpha value is -2.75. The summed E-state index contributed by atoms with van der Waals surface area (Å²) in [6, 6.07) is 3.55. The fourth-order valence-corrected chi connectivity index (χ4v) is 5.76. The normalized spacial score (nSPS) is 24.0. The maximum Gasteiger partial charge on any atom is 0.338 e. The van der Waals surface area contributed by atoms with E-state index in [9.17, 15) is 19.5 Å². The van der Waals surface area contributed by atoms with Crippen molar-refractivity contribution in [2.45, 2.75) is 44.9 Å². The Morgan fingerprint density at radius 2 is 1.71 bits per heavy atom. The zero-order valence-electron chi connectivity index (χ0n) is 19.9. The number of β-amino-alcohol motifs (C(OH)–C–C–N with tert-alkyl or cyclic N) is 1. The Morgan fingerprint density at radius 3 is 2.38 bits per heavy atom. The van der Waals surface area contributed by atoms with Crippen LogP contribution in [0.3, 0.4) is 0 Å². The molecule has 0 bridgehead atoms. The Morgan fingerprint density at radius 1 is 1.00 bits per heavy atom. The lowest BCUT2D eigenvalue weighted by Gasteiger charge is -2.51. The van der Waals surface area contributed by atoms with Crippen LogP contribution in [0.2, 0.25) is 0 Å². The highest BCUT2D eigenvalue weighted by atomic mass is 16.5. The minimum absolute atomic E-state index is 0.0354. The third-order valence-electron chi connectivity index (χ3n) is 8.12. The van der Waals surface area contributed by atoms with Crippen LogP contribution in [0.4, 0.5) is 0 Å². The number of piperidine rings is 1. The van der Waals surface area contributed by atoms with Crippen LogP contribution >= 0.6 is 0 Å². The van der Waals surface area contributed by atoms with E-state index in [-0.39, 0.29) is 31.1 Å². The second-order valence-corrected chi connectivity index (χ2v) is 9.76. The molecule has 4 aliphatic rings. The van der Waals surface area contributed by atoms with Crippen molar-refractivity contribution in [1.29, 1.82) is 0 Å². The van der Waals surface area contributed by atoms with Gasteiger partial charge in [0.25, 0.3) is 0 Å². The molecule has 9 heteroatoms. The topological polar surface area (TPSA) is 99.6 Å². The van der Waals surface area contributed by atoms with Crippen molar-refractivity contribution in [3.8, 4) is 0 Å². The van der Waals surface area contributed by atoms with Gasteiger partial charge in [-0.3, -0.25) is 9.69 Å². The summed E-state index contributed by atoms with van der Waals surface area (Å²) in [6.45, 7) is 7.15. The number of aliphatic hydroxyl groups is 1. The van der Waals surface area contributed by atoms with Gasteiger partial charge in [-0.15, -0.1) is 0 Å². The fourth-order valence-electron chi connectivity index (χ4n) is 5.76. The third-order valence-corrected chi connectivity index (χ3v) is 8.12. The third kappa shape index (κ3) is 3.54. The lowest BCUT2D eigenvalue weighted by molar-refractivity contribution is -0.152. The highest BCUT2D eigenvalue weighted by Crippen LogP contribution is 2.36. The highest BCUT2D eigenvalue weighted by Gasteiger charge is 2.51. The minimum atomic E-state index is -0.694. The fraction of sp³-hybridized carbons (Fsp3) is 0.560. The number of nitrogens with zero attached hydrogens (tertiary/aromatic N) is 3. The number of aliphatic hydroxyl groups excluding tert-OH is 1. The second kappa shape index (κ2) is 8.48. The molecule has 34 heavy (non-hydrogen) atoms. The van der Waals surface area contributed by atoms with Gasteiger partial charge in [0.1, 0.15) is 18.8 Å². The SMILES string of the molecule is CC1=C(N2CCN(C)C3(CCN(CC(O)c4ccc5c(c4C)COC5=O)CC3)C2=O)COC1=O. The lowest BCUT2D eigenvalue weighted by atomic mass is 9.82. The second-order valence-electron chi connectivity index (χ2n) is 9.76. The van der Waals surface area contributed by atoms with Crippen molar-refractivity contribution in [3.05, 3.63) is 45.7 Å². The molecule has 1 spiro atoms. The molecular formula is C25H31N3O6. The van der Waals surface area contributed by atoms with Crippen LogP contribution in [0.1, 0.15) is 52.9 Å². The largest absolute Gasteiger partial charge is 0.457 e. The predicted molar refractivity (Wildman–Crippen MR) is 122 cm³/mol. The first-order valence-electron chi connectivity index (χ1n) is 11.8. The lowest BCUT2D eigenvalue weighted by Crippen LogP contribution is -2.67. The highest BCUT2D eigenvalue weighted by molar-refractivity contribution is 5.95. The van der Waals surface area contributed by atoms with Crippen LogP contribution in [-0.2, 0) is 25.7 Å². The molecule has 4 aliphatic heterocycles. The van der Waals surface area contributed by atoms with Crippen LogP contribution in [0.5, 0.6) is 0 Å². The molecular weight excluding hydrogens is 438 g/mol. The number of ether oxygens (including phenoxy) is 2. The molecule has 2 saturated heterocycles. The summed E-state index contributed by atoms with van der Waals surface area (Å²) < 4.78 is 10.3. The molecule has 182 valence electrons. The summed E-state index contributed by atoms with van der Waals surface area (Å²) in [4.78, 5) is 43.4. The van der Waals surface area contributed by atoms with Crippen LogP contribution < -0.4 is 0 Å². The van der Waals surface area contributed by atoms with Gasteiger partial charge < -0.3 is 24.4 Å². The molecule has 0 saturated carbocycles. The van der Waals surface area contributed by atoms with E-state index in [1.165, 1.54) is 0 Å². The smallest absolute Gasteiger partial charge is 0.338 e. The molecule has 1 unspecified atom stereocenters. The summed E-state index contributed by atoms with van der Waals surface area (Å²) >= 11 is 0. The Balaban J connectivity index is 1.27. The molecule has 4 heterocycles. The average Bonchev–Trinajstić information content (AvgIpc) is 3.36. The zero-order valence-corrected chi connectivity index (χ0v) is 19.9. The van der Waals surface area contributed by atoms with E-state index < -0.39 is 11.6 Å². The summed E-state index contributed by atoms with van der Waals surface area (Å²) in [5.74, 6) is -0.624. The van der Waals surface area contributed by atoms with E-state index in [0.717, 1.165) is 23.2 Å². The first kappa shape index (κ1) is 23.0. The summed E-state index contributed by atoms with van der Waals surface area (Å²) in [5, 5.41) is 11.0. The molecule has 5 rings (SSSR count). The van der Waals surface area contributed by atoms with Crippen molar-refractivity contribution < 1.29 is 29.0 Å². The van der Waals surface area contributed by atoms with Crippen molar-refractivity contribution in [3.63, 3.8) is 0 Å². The Kier molecular flexibility index (Phi) is 5.74. The number of hydrogen-bond acceptors (Lipinski definition) is 8. The number of fused-ring (bicyclic) bond motifs is 1. The number of likely N-dealkylation sites (N-methyl/N-ethyl adjacent to an activating group) is 1. The molecule has 2 fully saturated rings. The van der Waals surface area contributed by atoms with Crippen LogP contribution in [0.25, 0.3) is 0 Å². The number of hydrogen-bond donors (Lipinski definition) is 1. The van der Waals surface area contributed by atoms with Gasteiger partial charge in [-0.25, -0.2) is 9.59 Å². The van der Waals surface area contributed by atoms with Gasteiger partial charge in [0.05, 0.1) is 22.9 Å². The Bertz CT molecular complexity index is 1090. The van der Waals surface area contributed by atoms with E-state index in [4.69, 9.17) is 9.47 Å². The molecule has 1 aromatic carbocycles. The van der Waals surface area contributed by atoms with Crippen molar-refractivity contribution in [1.82, 2.24) is 14.7 Å². The number of carbonyl (C=O) groups excluding carboxylic acids is 3. The first-order valence-corrected chi connectivity index (χ1v) is 11.8. The molecule has 1 amide bonds. The number of rotatable bonds is 4. The number of cyclic esters (lactones) is 2. The van der Waals surface area contributed by atoms with Crippen LogP contribution in [-0.4, -0.2) is 89.6 Å². The number of carbonyl (C=O) groups is 3. The van der Waals surface area contributed by atoms with Crippen molar-refractivity contribution in [2.24, 2.45) is 0 Å². The number of amides is 1. The zero-order chi connectivity index (χ0) is 24.2. The standard InChI is InChI=1S/C25H31N3O6/c1-15-17(4-5-18-19(15)13-33-23(18)31)21(29)12-27-8-6-25(7-9-27)24(32)28(11-10-26(25)3)20-14-34-22(30)16(20)2/h4-5,21,29H,6-14H2,1-3H3. The van der Waals surface area contributed by atoms with Gasteiger partial charge in [0, 0.05) is 38.3 Å². The van der Waals surface area contributed by atoms with Gasteiger partial charge in [-0.2, -0.15) is 0 Å². The Labute approximate surface area is 198 Å². The molecule has 0 radical (unpaired) electrons. The van der Waals surface area contributed by atoms with Gasteiger partial charge in [0.15, 0.2) is 0 Å². The average molecular weight is 470 g/mol. The van der Waals surface area contributed by atoms with E-state index in [1.807, 2.05) is 20.0 Å². The molecule has 1 aromatic rings. The minimum Gasteiger partial charge on any atom is -0.457 e. The van der Waals surface area contributed by atoms with E-state index in [2.05, 4.69) is 9.80 Å². The van der Waals surface area contributed by atoms with Gasteiger partial charge >= 0.3 is 11.9 Å². The van der Waals surface area contributed by atoms with Crippen LogP contribution in [0, 0.1) is 6.92 Å². The monoisotopic (exact) mass is 469 g/mol. The molecule has 0 aromatic heterocycles. The summed E-state index contributed by atoms with van der Waals surface area (Å²) in [7, 11) is 1.99. The van der Waals surface area contributed by atoms with Crippen LogP contribution in [0.15, 0.2) is 23.4 Å². The maximum atomic E-state index is 13.7. The van der Waals surface area contributed by atoms with Gasteiger partial charge in [0.2, 0.25) is 5.91 Å². The molecule has 0 aliphatic carbocycles.